The zero-order valence-electron chi connectivity index (χ0n) is 6.92. The summed E-state index contributed by atoms with van der Waals surface area (Å²) in [6.45, 7) is 2.15. The van der Waals surface area contributed by atoms with Crippen LogP contribution in [0.5, 0.6) is 0 Å². The number of aromatic nitrogens is 1. The van der Waals surface area contributed by atoms with Crippen LogP contribution in [0.15, 0.2) is 24.4 Å². The zero-order chi connectivity index (χ0) is 9.42. The molecule has 2 rings (SSSR count). The summed E-state index contributed by atoms with van der Waals surface area (Å²) in [6.07, 6.45) is 2.18. The van der Waals surface area contributed by atoms with Crippen LogP contribution in [0.1, 0.15) is 5.56 Å². The number of hydrogen-bond donors (Lipinski definition) is 0. The molecule has 0 spiro atoms. The molecule has 0 N–H and O–H groups in total. The third kappa shape index (κ3) is 1.72. The van der Waals surface area contributed by atoms with Crippen molar-refractivity contribution in [1.82, 2.24) is 3.97 Å². The normalized spacial score (nSPS) is 11.0. The Bertz CT molecular complexity index is 450. The number of nitrogens with zero attached hydrogens (tertiary/aromatic N) is 1. The van der Waals surface area contributed by atoms with Gasteiger partial charge in [0.1, 0.15) is 0 Å². The molecule has 13 heavy (non-hydrogen) atoms. The Hall–Kier alpha value is 0.570. The van der Waals surface area contributed by atoms with Gasteiger partial charge < -0.3 is 0 Å². The second-order valence-corrected chi connectivity index (χ2v) is 5.72. The molecule has 2 aromatic rings. The van der Waals surface area contributed by atoms with E-state index >= 15 is 0 Å². The van der Waals surface area contributed by atoms with Crippen LogP contribution in [0.3, 0.4) is 0 Å². The van der Waals surface area contributed by atoms with Crippen molar-refractivity contribution >= 4 is 63.8 Å². The molecule has 0 radical (unpaired) electrons. The van der Waals surface area contributed by atoms with E-state index in [4.69, 9.17) is 0 Å². The van der Waals surface area contributed by atoms with Crippen molar-refractivity contribution < 1.29 is 0 Å². The quantitative estimate of drug-likeness (QED) is 0.626. The van der Waals surface area contributed by atoms with Gasteiger partial charge in [0.15, 0.2) is 0 Å². The van der Waals surface area contributed by atoms with Crippen molar-refractivity contribution in [2.24, 2.45) is 0 Å². The van der Waals surface area contributed by atoms with E-state index in [0.29, 0.717) is 0 Å². The minimum atomic E-state index is 1.32. The molecule has 1 aromatic carbocycles. The van der Waals surface area contributed by atoms with Gasteiger partial charge in [-0.15, -0.1) is 0 Å². The van der Waals surface area contributed by atoms with Gasteiger partial charge in [0, 0.05) is 45.5 Å². The van der Waals surface area contributed by atoms with Crippen LogP contribution in [0, 0.1) is 10.5 Å². The lowest BCUT2D eigenvalue weighted by Crippen LogP contribution is -1.82. The summed E-state index contributed by atoms with van der Waals surface area (Å²) in [5.74, 6) is 0. The van der Waals surface area contributed by atoms with E-state index in [2.05, 4.69) is 79.1 Å². The first-order chi connectivity index (χ1) is 6.24. The van der Waals surface area contributed by atoms with E-state index < -0.39 is 0 Å². The molecular weight excluding hydrogens is 408 g/mol. The Morgan fingerprint density at radius 3 is 2.85 bits per heavy atom. The number of benzene rings is 1. The minimum Gasteiger partial charge on any atom is -0.281 e. The van der Waals surface area contributed by atoms with E-state index in [1.165, 1.54) is 20.0 Å². The second kappa shape index (κ2) is 3.98. The molecule has 0 bridgehead atoms. The molecule has 4 heteroatoms. The third-order valence-corrected chi connectivity index (χ3v) is 4.59. The van der Waals surface area contributed by atoms with Crippen LogP contribution in [0.25, 0.3) is 10.9 Å². The average molecular weight is 415 g/mol. The number of rotatable bonds is 1. The highest BCUT2D eigenvalue weighted by molar-refractivity contribution is 14.2. The molecular formula is C9H7I2NS. The molecule has 0 fully saturated rings. The fraction of sp³-hybridized carbons (Fsp3) is 0.111. The SMILES string of the molecule is Cc1cccc2c(I)cn(SI)c12. The van der Waals surface area contributed by atoms with E-state index in [-0.39, 0.29) is 0 Å². The van der Waals surface area contributed by atoms with E-state index in [9.17, 15) is 0 Å². The third-order valence-electron chi connectivity index (χ3n) is 2.02. The number of aryl methyl sites for hydroxylation is 1. The molecule has 0 atom stereocenters. The standard InChI is InChI=1S/C9H7I2NS/c1-6-3-2-4-7-8(10)5-12(13-11)9(6)7/h2-5H,1H3. The summed E-state index contributed by atoms with van der Waals surface area (Å²) in [6, 6.07) is 6.44. The molecule has 0 amide bonds. The Kier molecular flexibility index (Phi) is 3.09. The highest BCUT2D eigenvalue weighted by Gasteiger charge is 2.07. The first kappa shape index (κ1) is 10.1. The zero-order valence-corrected chi connectivity index (χ0v) is 12.1. The van der Waals surface area contributed by atoms with Crippen LogP contribution in [-0.2, 0) is 0 Å². The maximum absolute atomic E-state index is 2.38. The molecule has 1 nitrogen and oxygen atoms in total. The number of para-hydroxylation sites is 1. The van der Waals surface area contributed by atoms with Crippen molar-refractivity contribution in [1.29, 1.82) is 0 Å². The van der Waals surface area contributed by atoms with Crippen LogP contribution >= 0.6 is 52.9 Å². The Balaban J connectivity index is 2.89. The summed E-state index contributed by atoms with van der Waals surface area (Å²) in [7, 11) is 1.72. The van der Waals surface area contributed by atoms with E-state index in [1.54, 1.807) is 9.12 Å². The average Bonchev–Trinajstić information content (AvgIpc) is 2.45. The second-order valence-electron chi connectivity index (χ2n) is 2.84. The predicted octanol–water partition coefficient (Wildman–Crippen LogP) is 4.40. The Morgan fingerprint density at radius 1 is 1.38 bits per heavy atom. The van der Waals surface area contributed by atoms with Crippen molar-refractivity contribution in [2.75, 3.05) is 0 Å². The van der Waals surface area contributed by atoms with Crippen LogP contribution in [0.4, 0.5) is 0 Å². The van der Waals surface area contributed by atoms with Crippen LogP contribution in [0.2, 0.25) is 0 Å². The predicted molar refractivity (Wildman–Crippen MR) is 76.4 cm³/mol. The first-order valence-electron chi connectivity index (χ1n) is 3.79. The lowest BCUT2D eigenvalue weighted by Gasteiger charge is -2.00. The van der Waals surface area contributed by atoms with E-state index in [0.717, 1.165) is 0 Å². The fourth-order valence-electron chi connectivity index (χ4n) is 1.44. The van der Waals surface area contributed by atoms with Crippen molar-refractivity contribution in [3.8, 4) is 0 Å². The monoisotopic (exact) mass is 415 g/mol. The van der Waals surface area contributed by atoms with Gasteiger partial charge in [-0.1, -0.05) is 18.2 Å². The molecule has 0 saturated carbocycles. The molecule has 0 unspecified atom stereocenters. The van der Waals surface area contributed by atoms with Crippen molar-refractivity contribution in [2.45, 2.75) is 6.92 Å². The summed E-state index contributed by atoms with van der Waals surface area (Å²) < 4.78 is 3.54. The fourth-order valence-corrected chi connectivity index (χ4v) is 3.73. The summed E-state index contributed by atoms with van der Waals surface area (Å²) in [5, 5.41) is 1.35. The highest BCUT2D eigenvalue weighted by Crippen LogP contribution is 2.30. The maximum Gasteiger partial charge on any atom is 0.0638 e. The number of halogens is 2. The van der Waals surface area contributed by atoms with E-state index in [1.807, 2.05) is 0 Å². The largest absolute Gasteiger partial charge is 0.281 e. The molecule has 1 heterocycles. The topological polar surface area (TPSA) is 4.93 Å². The van der Waals surface area contributed by atoms with Crippen LogP contribution < -0.4 is 0 Å². The molecule has 0 saturated heterocycles. The number of hydrogen-bond acceptors (Lipinski definition) is 1. The first-order valence-corrected chi connectivity index (χ1v) is 8.19. The lowest BCUT2D eigenvalue weighted by molar-refractivity contribution is 1.33. The van der Waals surface area contributed by atoms with Crippen molar-refractivity contribution in [3.63, 3.8) is 0 Å². The van der Waals surface area contributed by atoms with Gasteiger partial charge in [-0.2, -0.15) is 0 Å². The van der Waals surface area contributed by atoms with Gasteiger partial charge in [-0.25, -0.2) is 0 Å². The Labute approximate surface area is 107 Å². The maximum atomic E-state index is 2.38. The molecule has 1 aromatic heterocycles. The van der Waals surface area contributed by atoms with Crippen molar-refractivity contribution in [3.05, 3.63) is 33.5 Å². The van der Waals surface area contributed by atoms with Gasteiger partial charge >= 0.3 is 0 Å². The van der Waals surface area contributed by atoms with Gasteiger partial charge in [-0.3, -0.25) is 3.97 Å². The highest BCUT2D eigenvalue weighted by atomic mass is 127. The van der Waals surface area contributed by atoms with Gasteiger partial charge in [-0.05, 0) is 35.1 Å². The molecule has 68 valence electrons. The smallest absolute Gasteiger partial charge is 0.0638 e. The lowest BCUT2D eigenvalue weighted by atomic mass is 10.2. The van der Waals surface area contributed by atoms with Crippen LogP contribution in [-0.4, -0.2) is 3.97 Å². The minimum absolute atomic E-state index is 1.32. The van der Waals surface area contributed by atoms with Gasteiger partial charge in [0.25, 0.3) is 0 Å². The molecule has 0 aliphatic carbocycles. The van der Waals surface area contributed by atoms with Gasteiger partial charge in [0.2, 0.25) is 0 Å². The molecule has 0 aliphatic heterocycles. The summed E-state index contributed by atoms with van der Waals surface area (Å²) in [4.78, 5) is 0. The summed E-state index contributed by atoms with van der Waals surface area (Å²) >= 11 is 4.69. The molecule has 0 aliphatic rings. The van der Waals surface area contributed by atoms with Gasteiger partial charge in [0.05, 0.1) is 5.52 Å². The Morgan fingerprint density at radius 2 is 2.15 bits per heavy atom. The summed E-state index contributed by atoms with van der Waals surface area (Å²) in [5.41, 5.74) is 2.68. The number of fused-ring (bicyclic) bond motifs is 1.